The minimum atomic E-state index is -0.619. The Hall–Kier alpha value is -0.670. The number of fused-ring (bicyclic) bond motifs is 2. The fraction of sp³-hybridized carbons (Fsp3) is 0.750. The van der Waals surface area contributed by atoms with Crippen molar-refractivity contribution in [3.05, 3.63) is 11.6 Å². The zero-order valence-corrected chi connectivity index (χ0v) is 9.59. The summed E-state index contributed by atoms with van der Waals surface area (Å²) in [6, 6.07) is 0. The summed E-state index contributed by atoms with van der Waals surface area (Å²) in [7, 11) is 0. The molecule has 0 aromatic rings. The molecule has 0 saturated carbocycles. The summed E-state index contributed by atoms with van der Waals surface area (Å²) in [6.07, 6.45) is 1.95. The van der Waals surface area contributed by atoms with Gasteiger partial charge in [-0.2, -0.15) is 0 Å². The molecule has 0 aromatic carbocycles. The summed E-state index contributed by atoms with van der Waals surface area (Å²) >= 11 is 0. The van der Waals surface area contributed by atoms with Crippen LogP contribution in [-0.4, -0.2) is 29.7 Å². The Labute approximate surface area is 89.4 Å². The molecule has 15 heavy (non-hydrogen) atoms. The molecule has 3 nitrogen and oxygen atoms in total. The van der Waals surface area contributed by atoms with E-state index in [4.69, 9.17) is 9.47 Å². The third-order valence-corrected chi connectivity index (χ3v) is 3.58. The van der Waals surface area contributed by atoms with Crippen molar-refractivity contribution in [2.24, 2.45) is 5.41 Å². The topological polar surface area (TPSA) is 42.1 Å². The predicted octanol–water partition coefficient (Wildman–Crippen LogP) is 1.47. The molecule has 82 valence electrons. The second-order valence-corrected chi connectivity index (χ2v) is 6.00. The van der Waals surface area contributed by atoms with Gasteiger partial charge in [0.15, 0.2) is 11.4 Å². The molecule has 1 aliphatic carbocycles. The van der Waals surface area contributed by atoms with E-state index < -0.39 is 5.60 Å². The van der Waals surface area contributed by atoms with Gasteiger partial charge in [-0.05, 0) is 18.4 Å². The van der Waals surface area contributed by atoms with E-state index in [9.17, 15) is 4.79 Å². The van der Waals surface area contributed by atoms with E-state index >= 15 is 0 Å². The van der Waals surface area contributed by atoms with Crippen LogP contribution in [0.2, 0.25) is 0 Å². The first-order valence-corrected chi connectivity index (χ1v) is 5.40. The van der Waals surface area contributed by atoms with E-state index in [2.05, 4.69) is 20.8 Å². The maximum atomic E-state index is 12.3. The summed E-state index contributed by atoms with van der Waals surface area (Å²) in [5, 5.41) is 0. The van der Waals surface area contributed by atoms with Gasteiger partial charge < -0.3 is 9.47 Å². The third kappa shape index (κ3) is 1.05. The van der Waals surface area contributed by atoms with Crippen molar-refractivity contribution in [1.82, 2.24) is 0 Å². The molecule has 0 radical (unpaired) electrons. The molecule has 0 bridgehead atoms. The number of epoxide rings is 2. The Morgan fingerprint density at radius 2 is 2.07 bits per heavy atom. The van der Waals surface area contributed by atoms with Crippen LogP contribution >= 0.6 is 0 Å². The number of hydrogen-bond acceptors (Lipinski definition) is 3. The fourth-order valence-electron chi connectivity index (χ4n) is 2.50. The van der Waals surface area contributed by atoms with Crippen LogP contribution in [0.3, 0.4) is 0 Å². The maximum absolute atomic E-state index is 12.3. The Bertz CT molecular complexity index is 384. The lowest BCUT2D eigenvalue weighted by Crippen LogP contribution is -2.42. The smallest absolute Gasteiger partial charge is 0.196 e. The molecule has 3 heteroatoms. The van der Waals surface area contributed by atoms with Gasteiger partial charge in [0.05, 0.1) is 6.61 Å². The lowest BCUT2D eigenvalue weighted by molar-refractivity contribution is -0.122. The highest BCUT2D eigenvalue weighted by atomic mass is 16.7. The normalized spacial score (nSPS) is 47.6. The minimum Gasteiger partial charge on any atom is -0.358 e. The largest absolute Gasteiger partial charge is 0.358 e. The zero-order valence-electron chi connectivity index (χ0n) is 9.59. The van der Waals surface area contributed by atoms with Crippen molar-refractivity contribution in [2.75, 3.05) is 6.61 Å². The van der Waals surface area contributed by atoms with Crippen molar-refractivity contribution >= 4 is 5.78 Å². The van der Waals surface area contributed by atoms with Crippen LogP contribution in [0.25, 0.3) is 0 Å². The highest BCUT2D eigenvalue weighted by Crippen LogP contribution is 2.57. The Kier molecular flexibility index (Phi) is 1.40. The van der Waals surface area contributed by atoms with Gasteiger partial charge in [-0.1, -0.05) is 20.8 Å². The van der Waals surface area contributed by atoms with Gasteiger partial charge in [-0.25, -0.2) is 0 Å². The van der Waals surface area contributed by atoms with E-state index in [-0.39, 0.29) is 22.9 Å². The molecular weight excluding hydrogens is 192 g/mol. The first-order chi connectivity index (χ1) is 6.80. The first kappa shape index (κ1) is 9.55. The minimum absolute atomic E-state index is 0.0383. The quantitative estimate of drug-likeness (QED) is 0.566. The molecule has 3 aliphatic rings. The first-order valence-electron chi connectivity index (χ1n) is 5.40. The van der Waals surface area contributed by atoms with Gasteiger partial charge in [-0.3, -0.25) is 4.79 Å². The van der Waals surface area contributed by atoms with Gasteiger partial charge in [0.25, 0.3) is 0 Å². The van der Waals surface area contributed by atoms with Crippen LogP contribution in [0.4, 0.5) is 0 Å². The molecule has 2 aliphatic heterocycles. The van der Waals surface area contributed by atoms with Crippen molar-refractivity contribution in [1.29, 1.82) is 0 Å². The SMILES string of the molecule is CC(C)(C)C1=C[C@]2(C)O[C@@H]2C2(CO2)C1=O. The predicted molar refractivity (Wildman–Crippen MR) is 54.5 cm³/mol. The molecule has 1 unspecified atom stereocenters. The molecular formula is C12H16O3. The van der Waals surface area contributed by atoms with E-state index in [1.807, 2.05) is 13.0 Å². The second kappa shape index (κ2) is 2.20. The van der Waals surface area contributed by atoms with Crippen LogP contribution in [-0.2, 0) is 14.3 Å². The molecule has 2 heterocycles. The van der Waals surface area contributed by atoms with E-state index in [0.717, 1.165) is 5.57 Å². The van der Waals surface area contributed by atoms with Gasteiger partial charge in [-0.15, -0.1) is 0 Å². The Morgan fingerprint density at radius 3 is 2.53 bits per heavy atom. The summed E-state index contributed by atoms with van der Waals surface area (Å²) < 4.78 is 11.0. The maximum Gasteiger partial charge on any atom is 0.196 e. The number of carbonyl (C=O) groups excluding carboxylic acids is 1. The molecule has 3 atom stereocenters. The number of ketones is 1. The van der Waals surface area contributed by atoms with Gasteiger partial charge >= 0.3 is 0 Å². The monoisotopic (exact) mass is 208 g/mol. The number of ether oxygens (including phenoxy) is 2. The van der Waals surface area contributed by atoms with Crippen LogP contribution < -0.4 is 0 Å². The summed E-state index contributed by atoms with van der Waals surface area (Å²) in [4.78, 5) is 12.3. The van der Waals surface area contributed by atoms with Crippen LogP contribution in [0.5, 0.6) is 0 Å². The molecule has 0 N–H and O–H groups in total. The van der Waals surface area contributed by atoms with Gasteiger partial charge in [0.2, 0.25) is 0 Å². The van der Waals surface area contributed by atoms with E-state index in [0.29, 0.717) is 6.61 Å². The standard InChI is InChI=1S/C12H16O3/c1-10(2,3)7-5-11(4)9(15-11)12(6-14-12)8(7)13/h5,9H,6H2,1-4H3/t9-,11-,12?/m0/s1. The highest BCUT2D eigenvalue weighted by Gasteiger charge is 2.75. The number of carbonyl (C=O) groups is 1. The van der Waals surface area contributed by atoms with Crippen molar-refractivity contribution < 1.29 is 14.3 Å². The van der Waals surface area contributed by atoms with Gasteiger partial charge in [0, 0.05) is 5.57 Å². The Balaban J connectivity index is 2.08. The summed E-state index contributed by atoms with van der Waals surface area (Å²) in [5.74, 6) is 0.134. The number of hydrogen-bond donors (Lipinski definition) is 0. The van der Waals surface area contributed by atoms with Crippen molar-refractivity contribution in [2.45, 2.75) is 45.0 Å². The lowest BCUT2D eigenvalue weighted by Gasteiger charge is -2.27. The summed E-state index contributed by atoms with van der Waals surface area (Å²) in [5.41, 5.74) is -0.147. The number of Topliss-reactive ketones (excluding diaryl/α,β-unsaturated/α-hetero) is 1. The molecule has 3 rings (SSSR count). The van der Waals surface area contributed by atoms with Crippen molar-refractivity contribution in [3.8, 4) is 0 Å². The fourth-order valence-corrected chi connectivity index (χ4v) is 2.50. The molecule has 1 spiro atoms. The molecule has 2 saturated heterocycles. The average molecular weight is 208 g/mol. The summed E-state index contributed by atoms with van der Waals surface area (Å²) in [6.45, 7) is 8.72. The molecule has 0 aromatic heterocycles. The van der Waals surface area contributed by atoms with Crippen LogP contribution in [0, 0.1) is 5.41 Å². The average Bonchev–Trinajstić information content (AvgIpc) is 2.92. The van der Waals surface area contributed by atoms with Crippen LogP contribution in [0.15, 0.2) is 11.6 Å². The van der Waals surface area contributed by atoms with E-state index in [1.54, 1.807) is 0 Å². The Morgan fingerprint density at radius 1 is 1.47 bits per heavy atom. The van der Waals surface area contributed by atoms with Gasteiger partial charge in [0.1, 0.15) is 11.7 Å². The van der Waals surface area contributed by atoms with Crippen LogP contribution in [0.1, 0.15) is 27.7 Å². The number of rotatable bonds is 0. The second-order valence-electron chi connectivity index (χ2n) is 6.00. The molecule has 0 amide bonds. The zero-order chi connectivity index (χ0) is 11.1. The highest BCUT2D eigenvalue weighted by molar-refractivity contribution is 6.07. The van der Waals surface area contributed by atoms with Crippen molar-refractivity contribution in [3.63, 3.8) is 0 Å². The lowest BCUT2D eigenvalue weighted by atomic mass is 9.73. The van der Waals surface area contributed by atoms with E-state index in [1.165, 1.54) is 0 Å². The molecule has 2 fully saturated rings. The third-order valence-electron chi connectivity index (χ3n) is 3.58.